The molecule has 0 heterocycles. The molecule has 1 spiro atoms. The molecule has 10 aromatic rings. The molecule has 4 aliphatic rings. The molecule has 0 atom stereocenters. The van der Waals surface area contributed by atoms with Crippen LogP contribution in [0.3, 0.4) is 0 Å². The molecule has 0 N–H and O–H groups in total. The molecular weight excluding hydrogens is 867 g/mol. The highest BCUT2D eigenvalue weighted by Gasteiger charge is 2.49. The largest absolute Gasteiger partial charge is 0.310 e. The number of anilines is 3. The number of hydrogen-bond acceptors (Lipinski definition) is 1. The Labute approximate surface area is 424 Å². The van der Waals surface area contributed by atoms with Gasteiger partial charge in [-0.25, -0.2) is 0 Å². The maximum Gasteiger partial charge on any atom is 0.0713 e. The van der Waals surface area contributed by atoms with Crippen LogP contribution >= 0.6 is 0 Å². The number of benzene rings is 10. The number of para-hydroxylation sites is 1. The first-order chi connectivity index (χ1) is 35.6. The van der Waals surface area contributed by atoms with E-state index in [9.17, 15) is 0 Å². The molecular formula is C71H55N. The molecule has 344 valence electrons. The molecule has 0 radical (unpaired) electrons. The van der Waals surface area contributed by atoms with E-state index in [1.54, 1.807) is 0 Å². The fourth-order valence-corrected chi connectivity index (χ4v) is 14.2. The first-order valence-corrected chi connectivity index (χ1v) is 26.0. The third-order valence-electron chi connectivity index (χ3n) is 17.4. The smallest absolute Gasteiger partial charge is 0.0713 e. The summed E-state index contributed by atoms with van der Waals surface area (Å²) in [7, 11) is 0. The zero-order valence-electron chi connectivity index (χ0n) is 40.9. The molecule has 0 amide bonds. The van der Waals surface area contributed by atoms with Gasteiger partial charge in [0, 0.05) is 27.9 Å². The van der Waals surface area contributed by atoms with Crippen LogP contribution in [0.15, 0.2) is 237 Å². The molecule has 1 nitrogen and oxygen atoms in total. The van der Waals surface area contributed by atoms with E-state index >= 15 is 0 Å². The Balaban J connectivity index is 0.858. The summed E-state index contributed by atoms with van der Waals surface area (Å²) >= 11 is 0. The predicted octanol–water partition coefficient (Wildman–Crippen LogP) is 17.8. The minimum Gasteiger partial charge on any atom is -0.310 e. The Hall–Kier alpha value is -8.26. The standard InChI is InChI=1S/C71H55N/c1-3-69(4-2)65-43-48(35-37-49-23-20-34-64-68(49)61-31-17-19-33-63(61)71(64,52-24-8-5-9-25-52)53-26-10-6-11-27-53)36-40-58(65)60-42-39-55(44-66(60)69)72(54-28-12-7-13-29-54)56-38-41-59-57-30-16-18-32-62(57)70(67(59)45-56)46-50-21-14-15-22-51(50)47-70/h5-45H,3-4,46-47H2,1-2H3/b37-35+. The van der Waals surface area contributed by atoms with Crippen LogP contribution in [0.25, 0.3) is 45.5 Å². The Bertz CT molecular complexity index is 3720. The third-order valence-corrected chi connectivity index (χ3v) is 17.4. The van der Waals surface area contributed by atoms with E-state index in [2.05, 4.69) is 267 Å². The van der Waals surface area contributed by atoms with Crippen molar-refractivity contribution in [3.05, 3.63) is 303 Å². The van der Waals surface area contributed by atoms with Crippen molar-refractivity contribution in [2.45, 2.75) is 55.8 Å². The fourth-order valence-electron chi connectivity index (χ4n) is 14.2. The Kier molecular flexibility index (Phi) is 9.71. The van der Waals surface area contributed by atoms with Crippen LogP contribution in [0, 0.1) is 0 Å². The summed E-state index contributed by atoms with van der Waals surface area (Å²) in [5, 5.41) is 0. The third kappa shape index (κ3) is 6.01. The number of hydrogen-bond donors (Lipinski definition) is 0. The van der Waals surface area contributed by atoms with Crippen LogP contribution in [0.2, 0.25) is 0 Å². The van der Waals surface area contributed by atoms with Gasteiger partial charge in [0.05, 0.1) is 5.41 Å². The van der Waals surface area contributed by atoms with Crippen LogP contribution in [-0.2, 0) is 29.1 Å². The average Bonchev–Trinajstić information content (AvgIpc) is 4.15. The van der Waals surface area contributed by atoms with Gasteiger partial charge in [0.15, 0.2) is 0 Å². The van der Waals surface area contributed by atoms with E-state index in [4.69, 9.17) is 0 Å². The summed E-state index contributed by atoms with van der Waals surface area (Å²) in [6.45, 7) is 4.78. The Morgan fingerprint density at radius 2 is 0.875 bits per heavy atom. The lowest BCUT2D eigenvalue weighted by atomic mass is 9.67. The molecule has 72 heavy (non-hydrogen) atoms. The zero-order chi connectivity index (χ0) is 48.0. The Morgan fingerprint density at radius 1 is 0.375 bits per heavy atom. The van der Waals surface area contributed by atoms with Crippen LogP contribution < -0.4 is 4.90 Å². The highest BCUT2D eigenvalue weighted by atomic mass is 15.1. The van der Waals surface area contributed by atoms with Gasteiger partial charge in [-0.3, -0.25) is 0 Å². The molecule has 4 aliphatic carbocycles. The summed E-state index contributed by atoms with van der Waals surface area (Å²) in [4.78, 5) is 2.51. The molecule has 0 saturated heterocycles. The van der Waals surface area contributed by atoms with Gasteiger partial charge in [0.25, 0.3) is 0 Å². The number of fused-ring (bicyclic) bond motifs is 12. The zero-order valence-corrected chi connectivity index (χ0v) is 40.9. The lowest BCUT2D eigenvalue weighted by molar-refractivity contribution is 0.490. The van der Waals surface area contributed by atoms with Gasteiger partial charge in [-0.15, -0.1) is 0 Å². The van der Waals surface area contributed by atoms with Crippen molar-refractivity contribution in [2.24, 2.45) is 0 Å². The van der Waals surface area contributed by atoms with Gasteiger partial charge >= 0.3 is 0 Å². The van der Waals surface area contributed by atoms with Crippen LogP contribution in [-0.4, -0.2) is 0 Å². The number of rotatable bonds is 9. The molecule has 0 unspecified atom stereocenters. The molecule has 10 aromatic carbocycles. The highest BCUT2D eigenvalue weighted by molar-refractivity contribution is 5.94. The lowest BCUT2D eigenvalue weighted by Crippen LogP contribution is -2.28. The summed E-state index contributed by atoms with van der Waals surface area (Å²) in [6.07, 6.45) is 8.79. The fraction of sp³-hybridized carbons (Fsp3) is 0.127. The second-order valence-corrected chi connectivity index (χ2v) is 20.6. The van der Waals surface area contributed by atoms with Gasteiger partial charge < -0.3 is 4.90 Å². The maximum atomic E-state index is 2.53. The minimum atomic E-state index is -0.425. The van der Waals surface area contributed by atoms with Gasteiger partial charge in [0.2, 0.25) is 0 Å². The van der Waals surface area contributed by atoms with Gasteiger partial charge in [0.1, 0.15) is 0 Å². The van der Waals surface area contributed by atoms with E-state index in [-0.39, 0.29) is 10.8 Å². The molecule has 0 bridgehead atoms. The normalized spacial score (nSPS) is 15.4. The SMILES string of the molecule is CCC1(CC)c2cc(/C=C/c3cccc4c3-c3ccccc3C4(c3ccccc3)c3ccccc3)ccc2-c2ccc(N(c3ccccc3)c3ccc4c(c3)C3(Cc5ccccc5C3)c3ccccc3-4)cc21. The predicted molar refractivity (Wildman–Crippen MR) is 301 cm³/mol. The van der Waals surface area contributed by atoms with Crippen molar-refractivity contribution in [1.29, 1.82) is 0 Å². The Morgan fingerprint density at radius 3 is 1.53 bits per heavy atom. The molecule has 0 fully saturated rings. The summed E-state index contributed by atoms with van der Waals surface area (Å²) in [6, 6.07) is 89.3. The molecule has 0 aromatic heterocycles. The van der Waals surface area contributed by atoms with Crippen molar-refractivity contribution >= 4 is 29.2 Å². The first kappa shape index (κ1) is 42.6. The minimum absolute atomic E-state index is 0.0841. The number of nitrogens with zero attached hydrogens (tertiary/aromatic N) is 1. The van der Waals surface area contributed by atoms with Crippen molar-refractivity contribution in [2.75, 3.05) is 4.90 Å². The van der Waals surface area contributed by atoms with Crippen molar-refractivity contribution in [3.8, 4) is 33.4 Å². The van der Waals surface area contributed by atoms with E-state index in [1.807, 2.05) is 0 Å². The summed E-state index contributed by atoms with van der Waals surface area (Å²) in [5.41, 5.74) is 27.4. The lowest BCUT2D eigenvalue weighted by Gasteiger charge is -2.33. The van der Waals surface area contributed by atoms with E-state index in [0.29, 0.717) is 0 Å². The summed E-state index contributed by atoms with van der Waals surface area (Å²) < 4.78 is 0. The highest BCUT2D eigenvalue weighted by Crippen LogP contribution is 2.60. The second kappa shape index (κ2) is 16.4. The first-order valence-electron chi connectivity index (χ1n) is 26.0. The monoisotopic (exact) mass is 921 g/mol. The van der Waals surface area contributed by atoms with Crippen molar-refractivity contribution in [1.82, 2.24) is 0 Å². The van der Waals surface area contributed by atoms with Crippen LogP contribution in [0.1, 0.15) is 93.5 Å². The van der Waals surface area contributed by atoms with E-state index < -0.39 is 5.41 Å². The molecule has 14 rings (SSSR count). The maximum absolute atomic E-state index is 2.53. The van der Waals surface area contributed by atoms with E-state index in [1.165, 1.54) is 112 Å². The molecule has 0 saturated carbocycles. The van der Waals surface area contributed by atoms with Crippen LogP contribution in [0.5, 0.6) is 0 Å². The van der Waals surface area contributed by atoms with Crippen molar-refractivity contribution < 1.29 is 0 Å². The van der Waals surface area contributed by atoms with Gasteiger partial charge in [-0.05, 0) is 162 Å². The quantitative estimate of drug-likeness (QED) is 0.130. The molecule has 1 heteroatoms. The van der Waals surface area contributed by atoms with E-state index in [0.717, 1.165) is 31.4 Å². The van der Waals surface area contributed by atoms with Gasteiger partial charge in [-0.2, -0.15) is 0 Å². The second-order valence-electron chi connectivity index (χ2n) is 20.6. The van der Waals surface area contributed by atoms with Crippen LogP contribution in [0.4, 0.5) is 17.1 Å². The van der Waals surface area contributed by atoms with Crippen molar-refractivity contribution in [3.63, 3.8) is 0 Å². The molecule has 0 aliphatic heterocycles. The topological polar surface area (TPSA) is 3.24 Å². The summed E-state index contributed by atoms with van der Waals surface area (Å²) in [5.74, 6) is 0. The average molecular weight is 922 g/mol. The van der Waals surface area contributed by atoms with Gasteiger partial charge in [-0.1, -0.05) is 226 Å².